The lowest BCUT2D eigenvalue weighted by molar-refractivity contribution is -0.127. The monoisotopic (exact) mass is 295 g/mol. The molecule has 0 unspecified atom stereocenters. The van der Waals surface area contributed by atoms with Crippen LogP contribution in [-0.4, -0.2) is 17.0 Å². The molecule has 0 aromatic heterocycles. The molecule has 0 bridgehead atoms. The van der Waals surface area contributed by atoms with E-state index in [9.17, 15) is 4.79 Å². The van der Waals surface area contributed by atoms with Gasteiger partial charge in [0.15, 0.2) is 5.84 Å². The Morgan fingerprint density at radius 2 is 2.20 bits per heavy atom. The number of rotatable bonds is 3. The number of nitrogens with zero attached hydrogens (tertiary/aromatic N) is 1. The standard InChI is InChI=1S/C14H18ClN3O2/c1-8-6-14(7-8,12(16)18-20)13(19)17-11-5-3-4-10(15)9(11)2/h3-5,8,20H,6-7H2,1-2H3,(H2,16,18)(H,17,19). The van der Waals surface area contributed by atoms with Crippen molar-refractivity contribution in [3.05, 3.63) is 28.8 Å². The zero-order chi connectivity index (χ0) is 14.9. The van der Waals surface area contributed by atoms with E-state index in [4.69, 9.17) is 22.5 Å². The van der Waals surface area contributed by atoms with Crippen LogP contribution in [0.2, 0.25) is 5.02 Å². The van der Waals surface area contributed by atoms with E-state index in [2.05, 4.69) is 10.5 Å². The summed E-state index contributed by atoms with van der Waals surface area (Å²) >= 11 is 6.03. The number of hydrogen-bond donors (Lipinski definition) is 3. The van der Waals surface area contributed by atoms with Gasteiger partial charge in [0.1, 0.15) is 5.41 Å². The molecule has 1 aliphatic carbocycles. The summed E-state index contributed by atoms with van der Waals surface area (Å²) in [6.45, 7) is 3.86. The number of benzene rings is 1. The van der Waals surface area contributed by atoms with E-state index < -0.39 is 5.41 Å². The van der Waals surface area contributed by atoms with Crippen molar-refractivity contribution in [2.24, 2.45) is 22.2 Å². The quantitative estimate of drug-likeness (QED) is 0.347. The number of nitrogens with one attached hydrogen (secondary N) is 1. The van der Waals surface area contributed by atoms with E-state index in [0.29, 0.717) is 29.5 Å². The first-order valence-electron chi connectivity index (χ1n) is 6.45. The summed E-state index contributed by atoms with van der Waals surface area (Å²) in [5, 5.41) is 15.3. The van der Waals surface area contributed by atoms with Gasteiger partial charge in [-0.3, -0.25) is 4.79 Å². The van der Waals surface area contributed by atoms with Crippen LogP contribution in [0.4, 0.5) is 5.69 Å². The van der Waals surface area contributed by atoms with Crippen LogP contribution in [-0.2, 0) is 4.79 Å². The van der Waals surface area contributed by atoms with Gasteiger partial charge in [-0.2, -0.15) is 0 Å². The molecule has 2 rings (SSSR count). The highest BCUT2D eigenvalue weighted by molar-refractivity contribution is 6.31. The van der Waals surface area contributed by atoms with Crippen molar-refractivity contribution < 1.29 is 10.0 Å². The van der Waals surface area contributed by atoms with Gasteiger partial charge in [0.25, 0.3) is 0 Å². The van der Waals surface area contributed by atoms with Gasteiger partial charge in [0, 0.05) is 10.7 Å². The lowest BCUT2D eigenvalue weighted by Crippen LogP contribution is -2.54. The van der Waals surface area contributed by atoms with Crippen molar-refractivity contribution in [3.63, 3.8) is 0 Å². The Morgan fingerprint density at radius 1 is 1.55 bits per heavy atom. The molecule has 20 heavy (non-hydrogen) atoms. The molecule has 108 valence electrons. The Hall–Kier alpha value is -1.75. The molecule has 1 amide bonds. The summed E-state index contributed by atoms with van der Waals surface area (Å²) in [5.41, 5.74) is 6.24. The molecule has 0 atom stereocenters. The van der Waals surface area contributed by atoms with Gasteiger partial charge in [0.2, 0.25) is 5.91 Å². The Bertz CT molecular complexity index is 566. The minimum Gasteiger partial charge on any atom is -0.409 e. The molecule has 4 N–H and O–H groups in total. The summed E-state index contributed by atoms with van der Waals surface area (Å²) in [4.78, 5) is 12.5. The fourth-order valence-corrected chi connectivity index (χ4v) is 2.90. The van der Waals surface area contributed by atoms with Gasteiger partial charge in [-0.05, 0) is 43.4 Å². The van der Waals surface area contributed by atoms with Crippen LogP contribution in [0.3, 0.4) is 0 Å². The fourth-order valence-electron chi connectivity index (χ4n) is 2.72. The van der Waals surface area contributed by atoms with Gasteiger partial charge in [0.05, 0.1) is 0 Å². The van der Waals surface area contributed by atoms with Crippen LogP contribution < -0.4 is 11.1 Å². The predicted octanol–water partition coefficient (Wildman–Crippen LogP) is 2.75. The number of carbonyl (C=O) groups is 1. The maximum absolute atomic E-state index is 12.5. The van der Waals surface area contributed by atoms with Crippen LogP contribution in [0.5, 0.6) is 0 Å². The summed E-state index contributed by atoms with van der Waals surface area (Å²) in [7, 11) is 0. The number of hydrogen-bond acceptors (Lipinski definition) is 3. The summed E-state index contributed by atoms with van der Waals surface area (Å²) in [6, 6.07) is 5.31. The lowest BCUT2D eigenvalue weighted by atomic mass is 9.61. The number of amidine groups is 1. The Balaban J connectivity index is 2.25. The second kappa shape index (κ2) is 5.32. The SMILES string of the molecule is Cc1c(Cl)cccc1NC(=O)C1(/C(N)=N/O)CC(C)C1. The van der Waals surface area contributed by atoms with Crippen molar-refractivity contribution in [3.8, 4) is 0 Å². The third-order valence-electron chi connectivity index (χ3n) is 3.94. The van der Waals surface area contributed by atoms with E-state index >= 15 is 0 Å². The average Bonchev–Trinajstić information content (AvgIpc) is 2.39. The first kappa shape index (κ1) is 14.7. The number of oxime groups is 1. The van der Waals surface area contributed by atoms with Crippen molar-refractivity contribution in [1.29, 1.82) is 0 Å². The van der Waals surface area contributed by atoms with Crippen molar-refractivity contribution in [2.45, 2.75) is 26.7 Å². The second-order valence-corrected chi connectivity index (χ2v) is 5.85. The largest absolute Gasteiger partial charge is 0.409 e. The number of carbonyl (C=O) groups excluding carboxylic acids is 1. The number of anilines is 1. The molecule has 6 heteroatoms. The molecule has 1 aliphatic rings. The van der Waals surface area contributed by atoms with Gasteiger partial charge < -0.3 is 16.3 Å². The molecule has 0 saturated heterocycles. The predicted molar refractivity (Wildman–Crippen MR) is 79.1 cm³/mol. The number of nitrogens with two attached hydrogens (primary N) is 1. The number of amides is 1. The zero-order valence-corrected chi connectivity index (χ0v) is 12.2. The van der Waals surface area contributed by atoms with Crippen LogP contribution >= 0.6 is 11.6 Å². The topological polar surface area (TPSA) is 87.7 Å². The molecule has 0 heterocycles. The van der Waals surface area contributed by atoms with Gasteiger partial charge in [-0.1, -0.05) is 29.7 Å². The molecular formula is C14H18ClN3O2. The highest BCUT2D eigenvalue weighted by Crippen LogP contribution is 2.46. The first-order valence-corrected chi connectivity index (χ1v) is 6.83. The summed E-state index contributed by atoms with van der Waals surface area (Å²) in [5.74, 6) is 0.0885. The van der Waals surface area contributed by atoms with Crippen LogP contribution in [0.15, 0.2) is 23.4 Å². The molecule has 5 nitrogen and oxygen atoms in total. The first-order chi connectivity index (χ1) is 9.40. The second-order valence-electron chi connectivity index (χ2n) is 5.45. The van der Waals surface area contributed by atoms with Crippen LogP contribution in [0, 0.1) is 18.3 Å². The molecular weight excluding hydrogens is 278 g/mol. The van der Waals surface area contributed by atoms with Gasteiger partial charge in [-0.15, -0.1) is 0 Å². The van der Waals surface area contributed by atoms with Crippen LogP contribution in [0.1, 0.15) is 25.3 Å². The average molecular weight is 296 g/mol. The Labute approximate surface area is 122 Å². The molecule has 0 aliphatic heterocycles. The van der Waals surface area contributed by atoms with E-state index in [0.717, 1.165) is 5.56 Å². The van der Waals surface area contributed by atoms with Crippen molar-refractivity contribution in [2.75, 3.05) is 5.32 Å². The molecule has 1 fully saturated rings. The number of halogens is 1. The summed E-state index contributed by atoms with van der Waals surface area (Å²) in [6.07, 6.45) is 1.16. The molecule has 1 aromatic carbocycles. The third kappa shape index (κ3) is 2.33. The molecule has 1 saturated carbocycles. The van der Waals surface area contributed by atoms with E-state index in [1.54, 1.807) is 18.2 Å². The smallest absolute Gasteiger partial charge is 0.238 e. The van der Waals surface area contributed by atoms with E-state index in [-0.39, 0.29) is 11.7 Å². The summed E-state index contributed by atoms with van der Waals surface area (Å²) < 4.78 is 0. The Kier molecular flexibility index (Phi) is 3.90. The van der Waals surface area contributed by atoms with E-state index in [1.807, 2.05) is 13.8 Å². The maximum atomic E-state index is 12.5. The highest BCUT2D eigenvalue weighted by atomic mass is 35.5. The molecule has 0 spiro atoms. The highest BCUT2D eigenvalue weighted by Gasteiger charge is 2.52. The van der Waals surface area contributed by atoms with Crippen LogP contribution in [0.25, 0.3) is 0 Å². The third-order valence-corrected chi connectivity index (χ3v) is 4.35. The minimum absolute atomic E-state index is 0.0345. The minimum atomic E-state index is -0.914. The fraction of sp³-hybridized carbons (Fsp3) is 0.429. The normalized spacial score (nSPS) is 25.9. The van der Waals surface area contributed by atoms with E-state index in [1.165, 1.54) is 0 Å². The van der Waals surface area contributed by atoms with Gasteiger partial charge in [-0.25, -0.2) is 0 Å². The van der Waals surface area contributed by atoms with Crippen molar-refractivity contribution in [1.82, 2.24) is 0 Å². The lowest BCUT2D eigenvalue weighted by Gasteiger charge is -2.43. The molecule has 0 radical (unpaired) electrons. The Morgan fingerprint density at radius 3 is 2.75 bits per heavy atom. The maximum Gasteiger partial charge on any atom is 0.238 e. The van der Waals surface area contributed by atoms with Gasteiger partial charge >= 0.3 is 0 Å². The van der Waals surface area contributed by atoms with Crippen molar-refractivity contribution >= 4 is 29.0 Å². The molecule has 1 aromatic rings. The zero-order valence-electron chi connectivity index (χ0n) is 11.5.